The molecule has 0 atom stereocenters. The molecule has 0 amide bonds. The molecule has 0 aliphatic rings. The van der Waals surface area contributed by atoms with Crippen LogP contribution in [-0.4, -0.2) is 38.6 Å². The summed E-state index contributed by atoms with van der Waals surface area (Å²) in [6, 6.07) is 3.44. The molecular weight excluding hydrogens is 324 g/mol. The molecule has 0 aromatic carbocycles. The Bertz CT molecular complexity index is 554. The Kier molecular flexibility index (Phi) is 4.15. The number of hydrogen-bond acceptors (Lipinski definition) is 7. The molecule has 18 heavy (non-hydrogen) atoms. The maximum absolute atomic E-state index is 11.6. The summed E-state index contributed by atoms with van der Waals surface area (Å²) in [6.45, 7) is -0.400. The van der Waals surface area contributed by atoms with Gasteiger partial charge in [0.2, 0.25) is 5.78 Å². The monoisotopic (exact) mass is 330 g/mol. The lowest BCUT2D eigenvalue weighted by Gasteiger charge is -2.02. The molecule has 0 aliphatic heterocycles. The van der Waals surface area contributed by atoms with Gasteiger partial charge in [-0.15, -0.1) is 16.4 Å². The molecule has 0 radical (unpaired) electrons. The van der Waals surface area contributed by atoms with Crippen molar-refractivity contribution < 1.29 is 14.3 Å². The molecule has 2 heterocycles. The van der Waals surface area contributed by atoms with Crippen molar-refractivity contribution in [3.63, 3.8) is 0 Å². The Morgan fingerprint density at radius 1 is 1.44 bits per heavy atom. The van der Waals surface area contributed by atoms with Gasteiger partial charge in [0.05, 0.1) is 8.66 Å². The quantitative estimate of drug-likeness (QED) is 0.598. The molecular formula is C9H7BrN4O3S. The van der Waals surface area contributed by atoms with Crippen LogP contribution >= 0.6 is 27.3 Å². The predicted molar refractivity (Wildman–Crippen MR) is 65.1 cm³/mol. The molecule has 7 nitrogen and oxygen atoms in total. The van der Waals surface area contributed by atoms with E-state index in [4.69, 9.17) is 4.74 Å². The van der Waals surface area contributed by atoms with Crippen molar-refractivity contribution in [2.24, 2.45) is 0 Å². The number of hydrogen-bond donors (Lipinski definition) is 0. The van der Waals surface area contributed by atoms with E-state index < -0.39 is 5.97 Å². The van der Waals surface area contributed by atoms with Crippen molar-refractivity contribution in [3.8, 4) is 0 Å². The molecule has 2 aromatic heterocycles. The Morgan fingerprint density at radius 2 is 2.28 bits per heavy atom. The minimum Gasteiger partial charge on any atom is -0.456 e. The molecule has 94 valence electrons. The molecule has 0 unspecified atom stereocenters. The molecule has 0 N–H and O–H groups in total. The van der Waals surface area contributed by atoms with Gasteiger partial charge >= 0.3 is 5.97 Å². The second-order valence-electron chi connectivity index (χ2n) is 3.20. The van der Waals surface area contributed by atoms with E-state index in [0.717, 1.165) is 3.79 Å². The van der Waals surface area contributed by atoms with E-state index in [1.54, 1.807) is 12.1 Å². The number of aromatic nitrogens is 4. The van der Waals surface area contributed by atoms with Crippen LogP contribution < -0.4 is 0 Å². The molecule has 0 fully saturated rings. The zero-order valence-electron chi connectivity index (χ0n) is 8.95. The van der Waals surface area contributed by atoms with Gasteiger partial charge in [0.25, 0.3) is 0 Å². The Morgan fingerprint density at radius 3 is 2.89 bits per heavy atom. The van der Waals surface area contributed by atoms with Crippen LogP contribution in [0.1, 0.15) is 9.67 Å². The van der Waals surface area contributed by atoms with Gasteiger partial charge in [0.1, 0.15) is 12.9 Å². The number of halogens is 1. The minimum absolute atomic E-state index is 0.117. The van der Waals surface area contributed by atoms with Crippen molar-refractivity contribution in [1.29, 1.82) is 0 Å². The van der Waals surface area contributed by atoms with E-state index in [1.165, 1.54) is 22.3 Å². The first-order valence-corrected chi connectivity index (χ1v) is 6.41. The van der Waals surface area contributed by atoms with Crippen molar-refractivity contribution in [2.75, 3.05) is 6.61 Å². The first kappa shape index (κ1) is 12.8. The molecule has 0 saturated carbocycles. The summed E-state index contributed by atoms with van der Waals surface area (Å²) in [5.41, 5.74) is 0. The summed E-state index contributed by atoms with van der Waals surface area (Å²) >= 11 is 4.54. The number of esters is 1. The van der Waals surface area contributed by atoms with Crippen molar-refractivity contribution >= 4 is 39.0 Å². The molecule has 0 spiro atoms. The second-order valence-corrected chi connectivity index (χ2v) is 5.66. The van der Waals surface area contributed by atoms with E-state index in [9.17, 15) is 9.59 Å². The SMILES string of the molecule is O=C(Cn1cnnn1)OCC(=O)c1ccc(Br)s1. The van der Waals surface area contributed by atoms with Crippen LogP contribution in [0.2, 0.25) is 0 Å². The van der Waals surface area contributed by atoms with E-state index in [2.05, 4.69) is 31.5 Å². The average molecular weight is 331 g/mol. The molecule has 0 aliphatic carbocycles. The van der Waals surface area contributed by atoms with E-state index >= 15 is 0 Å². The van der Waals surface area contributed by atoms with Crippen LogP contribution in [0.4, 0.5) is 0 Å². The smallest absolute Gasteiger partial charge is 0.328 e. The highest BCUT2D eigenvalue weighted by molar-refractivity contribution is 9.11. The third-order valence-corrected chi connectivity index (χ3v) is 3.56. The standard InChI is InChI=1S/C9H7BrN4O3S/c10-8-2-1-7(18-8)6(15)4-17-9(16)3-14-5-11-12-13-14/h1-2,5H,3-4H2. The van der Waals surface area contributed by atoms with Crippen LogP contribution in [0.15, 0.2) is 22.2 Å². The lowest BCUT2D eigenvalue weighted by molar-refractivity contribution is -0.143. The summed E-state index contributed by atoms with van der Waals surface area (Å²) in [5.74, 6) is -0.804. The minimum atomic E-state index is -0.564. The number of Topliss-reactive ketones (excluding diaryl/α,β-unsaturated/α-hetero) is 1. The van der Waals surface area contributed by atoms with Gasteiger partial charge in [-0.3, -0.25) is 9.59 Å². The van der Waals surface area contributed by atoms with Gasteiger partial charge in [-0.2, -0.15) is 0 Å². The average Bonchev–Trinajstić information content (AvgIpc) is 2.97. The van der Waals surface area contributed by atoms with E-state index in [0.29, 0.717) is 4.88 Å². The number of thiophene rings is 1. The van der Waals surface area contributed by atoms with Gasteiger partial charge in [-0.05, 0) is 38.5 Å². The molecule has 9 heteroatoms. The molecule has 0 saturated heterocycles. The van der Waals surface area contributed by atoms with Crippen LogP contribution in [0.25, 0.3) is 0 Å². The lowest BCUT2D eigenvalue weighted by atomic mass is 10.3. The number of carbonyl (C=O) groups is 2. The highest BCUT2D eigenvalue weighted by Crippen LogP contribution is 2.22. The fourth-order valence-corrected chi connectivity index (χ4v) is 2.42. The number of ether oxygens (including phenoxy) is 1. The van der Waals surface area contributed by atoms with Gasteiger partial charge in [0.15, 0.2) is 6.61 Å². The summed E-state index contributed by atoms with van der Waals surface area (Å²) < 4.78 is 6.90. The zero-order chi connectivity index (χ0) is 13.0. The summed E-state index contributed by atoms with van der Waals surface area (Å²) in [6.07, 6.45) is 1.29. The summed E-state index contributed by atoms with van der Waals surface area (Å²) in [4.78, 5) is 23.5. The third-order valence-electron chi connectivity index (χ3n) is 1.89. The van der Waals surface area contributed by atoms with Crippen molar-refractivity contribution in [1.82, 2.24) is 20.2 Å². The second kappa shape index (κ2) is 5.83. The number of ketones is 1. The van der Waals surface area contributed by atoms with E-state index in [-0.39, 0.29) is 18.9 Å². The number of rotatable bonds is 5. The predicted octanol–water partition coefficient (Wildman–Crippen LogP) is 0.923. The van der Waals surface area contributed by atoms with Crippen LogP contribution in [0, 0.1) is 0 Å². The van der Waals surface area contributed by atoms with E-state index in [1.807, 2.05) is 0 Å². The molecule has 0 bridgehead atoms. The maximum Gasteiger partial charge on any atom is 0.328 e. The number of tetrazole rings is 1. The molecule has 2 rings (SSSR count). The van der Waals surface area contributed by atoms with Crippen LogP contribution in [-0.2, 0) is 16.1 Å². The lowest BCUT2D eigenvalue weighted by Crippen LogP contribution is -2.18. The number of carbonyl (C=O) groups excluding carboxylic acids is 2. The fourth-order valence-electron chi connectivity index (χ4n) is 1.11. The highest BCUT2D eigenvalue weighted by atomic mass is 79.9. The third kappa shape index (κ3) is 3.44. The number of nitrogens with zero attached hydrogens (tertiary/aromatic N) is 4. The highest BCUT2D eigenvalue weighted by Gasteiger charge is 2.12. The van der Waals surface area contributed by atoms with Gasteiger partial charge < -0.3 is 4.74 Å². The van der Waals surface area contributed by atoms with Crippen molar-refractivity contribution in [3.05, 3.63) is 27.1 Å². The summed E-state index contributed by atoms with van der Waals surface area (Å²) in [5, 5.41) is 10.3. The Hall–Kier alpha value is -1.61. The maximum atomic E-state index is 11.6. The molecule has 2 aromatic rings. The first-order chi connectivity index (χ1) is 8.65. The largest absolute Gasteiger partial charge is 0.456 e. The first-order valence-electron chi connectivity index (χ1n) is 4.80. The Balaban J connectivity index is 1.81. The van der Waals surface area contributed by atoms with Crippen molar-refractivity contribution in [2.45, 2.75) is 6.54 Å². The van der Waals surface area contributed by atoms with Gasteiger partial charge in [-0.1, -0.05) is 0 Å². The zero-order valence-corrected chi connectivity index (χ0v) is 11.3. The summed E-state index contributed by atoms with van der Waals surface area (Å²) in [7, 11) is 0. The Labute approximate surface area is 114 Å². The van der Waals surface area contributed by atoms with Gasteiger partial charge in [0, 0.05) is 0 Å². The van der Waals surface area contributed by atoms with Crippen LogP contribution in [0.5, 0.6) is 0 Å². The van der Waals surface area contributed by atoms with Crippen LogP contribution in [0.3, 0.4) is 0 Å². The topological polar surface area (TPSA) is 87.0 Å². The normalized spacial score (nSPS) is 10.3. The fraction of sp³-hybridized carbons (Fsp3) is 0.222. The van der Waals surface area contributed by atoms with Gasteiger partial charge in [-0.25, -0.2) is 4.68 Å².